The molecular formula is C18H19NO5. The summed E-state index contributed by atoms with van der Waals surface area (Å²) in [5, 5.41) is 12.4. The van der Waals surface area contributed by atoms with Gasteiger partial charge in [-0.15, -0.1) is 0 Å². The molecule has 0 aliphatic heterocycles. The maximum Gasteiger partial charge on any atom is 0.337 e. The molecule has 0 heterocycles. The summed E-state index contributed by atoms with van der Waals surface area (Å²) in [6.07, 6.45) is 1.43. The van der Waals surface area contributed by atoms with E-state index in [1.54, 1.807) is 63.8 Å². The average Bonchev–Trinajstić information content (AvgIpc) is 2.61. The molecule has 2 aromatic carbocycles. The summed E-state index contributed by atoms with van der Waals surface area (Å²) in [6.45, 7) is 0. The molecule has 0 saturated carbocycles. The molecule has 2 rings (SSSR count). The molecule has 0 atom stereocenters. The molecule has 2 N–H and O–H groups in total. The Morgan fingerprint density at radius 1 is 0.917 bits per heavy atom. The van der Waals surface area contributed by atoms with Gasteiger partial charge < -0.3 is 24.6 Å². The summed E-state index contributed by atoms with van der Waals surface area (Å²) in [7, 11) is 4.66. The third-order valence-corrected chi connectivity index (χ3v) is 3.37. The fourth-order valence-electron chi connectivity index (χ4n) is 2.09. The van der Waals surface area contributed by atoms with Crippen LogP contribution < -0.4 is 19.5 Å². The molecule has 0 spiro atoms. The molecule has 0 amide bonds. The van der Waals surface area contributed by atoms with E-state index in [2.05, 4.69) is 5.32 Å². The molecule has 0 radical (unpaired) electrons. The molecular weight excluding hydrogens is 310 g/mol. The number of carboxylic acid groups (broad SMARTS) is 1. The van der Waals surface area contributed by atoms with Crippen LogP contribution in [0.4, 0.5) is 5.69 Å². The summed E-state index contributed by atoms with van der Waals surface area (Å²) >= 11 is 0. The minimum absolute atomic E-state index is 0.124. The van der Waals surface area contributed by atoms with Crippen LogP contribution in [0, 0.1) is 0 Å². The maximum atomic E-state index is 11.5. The minimum atomic E-state index is -1.04. The number of ether oxygens (including phenoxy) is 3. The van der Waals surface area contributed by atoms with Crippen LogP contribution in [-0.2, 0) is 4.79 Å². The Labute approximate surface area is 140 Å². The summed E-state index contributed by atoms with van der Waals surface area (Å²) in [5.74, 6) is 0.828. The lowest BCUT2D eigenvalue weighted by Gasteiger charge is -2.10. The number of hydrogen-bond acceptors (Lipinski definition) is 5. The zero-order valence-corrected chi connectivity index (χ0v) is 13.7. The number of nitrogens with one attached hydrogen (secondary N) is 1. The fraction of sp³-hybridized carbons (Fsp3) is 0.167. The van der Waals surface area contributed by atoms with Gasteiger partial charge in [-0.3, -0.25) is 0 Å². The molecule has 0 bridgehead atoms. The summed E-state index contributed by atoms with van der Waals surface area (Å²) < 4.78 is 15.5. The van der Waals surface area contributed by atoms with Crippen LogP contribution in [0.2, 0.25) is 0 Å². The Hall–Kier alpha value is -3.15. The summed E-state index contributed by atoms with van der Waals surface area (Å²) in [5.41, 5.74) is 1.34. The molecule has 0 fully saturated rings. The van der Waals surface area contributed by atoms with Crippen molar-refractivity contribution in [1.82, 2.24) is 0 Å². The van der Waals surface area contributed by atoms with Crippen molar-refractivity contribution in [3.05, 3.63) is 54.2 Å². The number of methoxy groups -OCH3 is 3. The Kier molecular flexibility index (Phi) is 5.68. The van der Waals surface area contributed by atoms with Gasteiger partial charge in [-0.2, -0.15) is 0 Å². The van der Waals surface area contributed by atoms with Crippen molar-refractivity contribution in [2.24, 2.45) is 0 Å². The lowest BCUT2D eigenvalue weighted by molar-refractivity contribution is -0.130. The van der Waals surface area contributed by atoms with E-state index in [1.807, 2.05) is 0 Å². The highest BCUT2D eigenvalue weighted by atomic mass is 16.5. The summed E-state index contributed by atoms with van der Waals surface area (Å²) in [4.78, 5) is 11.5. The Morgan fingerprint density at radius 2 is 1.46 bits per heavy atom. The molecule has 0 aliphatic carbocycles. The topological polar surface area (TPSA) is 77.0 Å². The predicted octanol–water partition coefficient (Wildman–Crippen LogP) is 3.25. The molecule has 126 valence electrons. The van der Waals surface area contributed by atoms with E-state index in [4.69, 9.17) is 14.2 Å². The standard InChI is InChI=1S/C18H19NO5/c1-22-14-6-4-12(5-7-14)17(18(20)21)11-19-13-8-15(23-2)10-16(9-13)24-3/h4-11,19H,1-3H3,(H,20,21)/b17-11-. The second-order valence-electron chi connectivity index (χ2n) is 4.84. The first-order chi connectivity index (χ1) is 11.6. The van der Waals surface area contributed by atoms with Crippen LogP contribution in [0.15, 0.2) is 48.7 Å². The quantitative estimate of drug-likeness (QED) is 0.759. The van der Waals surface area contributed by atoms with Crippen LogP contribution in [0.5, 0.6) is 17.2 Å². The highest BCUT2D eigenvalue weighted by molar-refractivity contribution is 6.15. The Balaban J connectivity index is 2.30. The minimum Gasteiger partial charge on any atom is -0.497 e. The Bertz CT molecular complexity index is 715. The van der Waals surface area contributed by atoms with Crippen molar-refractivity contribution in [2.45, 2.75) is 0 Å². The number of rotatable bonds is 7. The highest BCUT2D eigenvalue weighted by Crippen LogP contribution is 2.26. The fourth-order valence-corrected chi connectivity index (χ4v) is 2.09. The van der Waals surface area contributed by atoms with Crippen molar-refractivity contribution in [3.63, 3.8) is 0 Å². The number of anilines is 1. The zero-order valence-electron chi connectivity index (χ0n) is 13.7. The van der Waals surface area contributed by atoms with Gasteiger partial charge in [-0.25, -0.2) is 4.79 Å². The normalized spacial score (nSPS) is 10.9. The van der Waals surface area contributed by atoms with Crippen LogP contribution in [0.1, 0.15) is 5.56 Å². The van der Waals surface area contributed by atoms with Gasteiger partial charge in [0.15, 0.2) is 0 Å². The van der Waals surface area contributed by atoms with Crippen molar-refractivity contribution >= 4 is 17.2 Å². The molecule has 0 aromatic heterocycles. The van der Waals surface area contributed by atoms with E-state index < -0.39 is 5.97 Å². The van der Waals surface area contributed by atoms with Gasteiger partial charge in [-0.05, 0) is 17.7 Å². The van der Waals surface area contributed by atoms with Gasteiger partial charge in [0, 0.05) is 30.1 Å². The van der Waals surface area contributed by atoms with Gasteiger partial charge in [0.1, 0.15) is 17.2 Å². The van der Waals surface area contributed by atoms with Gasteiger partial charge >= 0.3 is 5.97 Å². The molecule has 6 heteroatoms. The molecule has 0 aliphatic rings. The molecule has 6 nitrogen and oxygen atoms in total. The molecule has 24 heavy (non-hydrogen) atoms. The average molecular weight is 329 g/mol. The van der Waals surface area contributed by atoms with Crippen molar-refractivity contribution in [2.75, 3.05) is 26.6 Å². The maximum absolute atomic E-state index is 11.5. The third-order valence-electron chi connectivity index (χ3n) is 3.37. The van der Waals surface area contributed by atoms with Gasteiger partial charge in [0.05, 0.1) is 26.9 Å². The van der Waals surface area contributed by atoms with Gasteiger partial charge in [0.25, 0.3) is 0 Å². The van der Waals surface area contributed by atoms with E-state index in [0.717, 1.165) is 0 Å². The van der Waals surface area contributed by atoms with E-state index >= 15 is 0 Å². The summed E-state index contributed by atoms with van der Waals surface area (Å²) in [6, 6.07) is 12.0. The second kappa shape index (κ2) is 7.92. The van der Waals surface area contributed by atoms with Crippen LogP contribution in [0.25, 0.3) is 5.57 Å². The SMILES string of the molecule is COc1ccc(/C(=C/Nc2cc(OC)cc(OC)c2)C(=O)O)cc1. The van der Waals surface area contributed by atoms with E-state index in [-0.39, 0.29) is 5.57 Å². The number of aliphatic carboxylic acids is 1. The number of hydrogen-bond donors (Lipinski definition) is 2. The monoisotopic (exact) mass is 329 g/mol. The Morgan fingerprint density at radius 3 is 1.92 bits per heavy atom. The number of benzene rings is 2. The van der Waals surface area contributed by atoms with E-state index in [0.29, 0.717) is 28.5 Å². The van der Waals surface area contributed by atoms with E-state index in [1.165, 1.54) is 6.20 Å². The molecule has 0 unspecified atom stereocenters. The highest BCUT2D eigenvalue weighted by Gasteiger charge is 2.11. The third kappa shape index (κ3) is 4.19. The molecule has 2 aromatic rings. The number of carbonyl (C=O) groups is 1. The second-order valence-corrected chi connectivity index (χ2v) is 4.84. The van der Waals surface area contributed by atoms with E-state index in [9.17, 15) is 9.90 Å². The lowest BCUT2D eigenvalue weighted by atomic mass is 10.1. The number of carboxylic acids is 1. The van der Waals surface area contributed by atoms with Crippen molar-refractivity contribution < 1.29 is 24.1 Å². The lowest BCUT2D eigenvalue weighted by Crippen LogP contribution is -2.03. The predicted molar refractivity (Wildman–Crippen MR) is 91.8 cm³/mol. The van der Waals surface area contributed by atoms with Gasteiger partial charge in [0.2, 0.25) is 0 Å². The molecule has 0 saturated heterocycles. The largest absolute Gasteiger partial charge is 0.497 e. The first kappa shape index (κ1) is 17.2. The first-order valence-corrected chi connectivity index (χ1v) is 7.15. The van der Waals surface area contributed by atoms with Gasteiger partial charge in [-0.1, -0.05) is 12.1 Å². The smallest absolute Gasteiger partial charge is 0.337 e. The zero-order chi connectivity index (χ0) is 17.5. The van der Waals surface area contributed by atoms with Crippen LogP contribution in [0.3, 0.4) is 0 Å². The van der Waals surface area contributed by atoms with Crippen LogP contribution in [-0.4, -0.2) is 32.4 Å². The van der Waals surface area contributed by atoms with Crippen LogP contribution >= 0.6 is 0 Å². The van der Waals surface area contributed by atoms with Crippen molar-refractivity contribution in [3.8, 4) is 17.2 Å². The first-order valence-electron chi connectivity index (χ1n) is 7.15. The van der Waals surface area contributed by atoms with Crippen molar-refractivity contribution in [1.29, 1.82) is 0 Å².